The van der Waals surface area contributed by atoms with Gasteiger partial charge in [-0.15, -0.1) is 23.7 Å². The predicted molar refractivity (Wildman–Crippen MR) is 95.9 cm³/mol. The number of carbonyl (C=O) groups excluding carboxylic acids is 1. The van der Waals surface area contributed by atoms with Crippen LogP contribution in [-0.2, 0) is 11.3 Å². The van der Waals surface area contributed by atoms with E-state index >= 15 is 0 Å². The number of likely N-dealkylation sites (N-methyl/N-ethyl adjacent to an activating group) is 1. The van der Waals surface area contributed by atoms with E-state index in [9.17, 15) is 4.79 Å². The zero-order valence-corrected chi connectivity index (χ0v) is 15.5. The third-order valence-electron chi connectivity index (χ3n) is 4.18. The van der Waals surface area contributed by atoms with Crippen LogP contribution in [0.25, 0.3) is 0 Å². The Morgan fingerprint density at radius 1 is 1.50 bits per heavy atom. The Morgan fingerprint density at radius 3 is 2.64 bits per heavy atom. The molecular weight excluding hydrogens is 341 g/mol. The van der Waals surface area contributed by atoms with Crippen LogP contribution >= 0.6 is 35.3 Å². The third-order valence-corrected chi connectivity index (χ3v) is 5.40. The van der Waals surface area contributed by atoms with Gasteiger partial charge in [0.05, 0.1) is 17.4 Å². The number of hydrogen-bond donors (Lipinski definition) is 1. The number of rotatable bonds is 5. The van der Waals surface area contributed by atoms with Crippen LogP contribution in [0.5, 0.6) is 0 Å². The molecule has 2 N–H and O–H groups in total. The molecule has 1 aliphatic heterocycles. The minimum atomic E-state index is 0. The van der Waals surface area contributed by atoms with Crippen molar-refractivity contribution in [2.24, 2.45) is 11.7 Å². The van der Waals surface area contributed by atoms with Gasteiger partial charge in [0.25, 0.3) is 0 Å². The molecule has 7 heteroatoms. The highest BCUT2D eigenvalue weighted by Gasteiger charge is 2.24. The van der Waals surface area contributed by atoms with Crippen LogP contribution in [0, 0.1) is 5.92 Å². The van der Waals surface area contributed by atoms with Crippen molar-refractivity contribution in [2.75, 3.05) is 26.7 Å². The van der Waals surface area contributed by atoms with Crippen LogP contribution in [0.4, 0.5) is 0 Å². The van der Waals surface area contributed by atoms with E-state index in [1.54, 1.807) is 4.90 Å². The highest BCUT2D eigenvalue weighted by molar-refractivity contribution is 7.16. The Morgan fingerprint density at radius 2 is 2.14 bits per heavy atom. The fraction of sp³-hybridized carbons (Fsp3) is 0.667. The van der Waals surface area contributed by atoms with Crippen molar-refractivity contribution in [2.45, 2.75) is 32.4 Å². The van der Waals surface area contributed by atoms with Gasteiger partial charge in [-0.25, -0.2) is 0 Å². The Kier molecular flexibility index (Phi) is 8.14. The molecule has 1 amide bonds. The summed E-state index contributed by atoms with van der Waals surface area (Å²) in [6, 6.07) is 4.11. The molecule has 0 radical (unpaired) electrons. The van der Waals surface area contributed by atoms with Crippen molar-refractivity contribution in [3.8, 4) is 0 Å². The largest absolute Gasteiger partial charge is 0.340 e. The molecule has 0 saturated carbocycles. The SMILES string of the molecule is CC(N)C1CCN(CC(=O)N(C)Cc2ccc(Cl)s2)CC1.Cl. The fourth-order valence-corrected chi connectivity index (χ4v) is 3.85. The van der Waals surface area contributed by atoms with Gasteiger partial charge in [-0.3, -0.25) is 9.69 Å². The van der Waals surface area contributed by atoms with Gasteiger partial charge in [-0.1, -0.05) is 11.6 Å². The Hall–Kier alpha value is -0.330. The summed E-state index contributed by atoms with van der Waals surface area (Å²) in [6.45, 7) is 5.15. The fourth-order valence-electron chi connectivity index (χ4n) is 2.71. The molecule has 22 heavy (non-hydrogen) atoms. The van der Waals surface area contributed by atoms with E-state index in [4.69, 9.17) is 17.3 Å². The molecule has 1 fully saturated rings. The van der Waals surface area contributed by atoms with E-state index in [2.05, 4.69) is 11.8 Å². The minimum Gasteiger partial charge on any atom is -0.340 e. The van der Waals surface area contributed by atoms with Crippen LogP contribution in [0.15, 0.2) is 12.1 Å². The van der Waals surface area contributed by atoms with Crippen molar-refractivity contribution in [1.29, 1.82) is 0 Å². The molecule has 1 unspecified atom stereocenters. The van der Waals surface area contributed by atoms with E-state index in [1.807, 2.05) is 19.2 Å². The maximum Gasteiger partial charge on any atom is 0.236 e. The number of halogens is 2. The minimum absolute atomic E-state index is 0. The Balaban J connectivity index is 0.00000242. The lowest BCUT2D eigenvalue weighted by Crippen LogP contribution is -2.44. The van der Waals surface area contributed by atoms with Crippen LogP contribution in [-0.4, -0.2) is 48.4 Å². The number of amides is 1. The number of likely N-dealkylation sites (tertiary alicyclic amines) is 1. The van der Waals surface area contributed by atoms with Crippen LogP contribution in [0.2, 0.25) is 4.34 Å². The normalized spacial score (nSPS) is 17.8. The number of piperidine rings is 1. The summed E-state index contributed by atoms with van der Waals surface area (Å²) < 4.78 is 0.767. The summed E-state index contributed by atoms with van der Waals surface area (Å²) in [5.74, 6) is 0.765. The molecule has 1 aromatic heterocycles. The summed E-state index contributed by atoms with van der Waals surface area (Å²) in [4.78, 5) is 17.4. The molecule has 0 bridgehead atoms. The van der Waals surface area contributed by atoms with Gasteiger partial charge in [-0.05, 0) is 50.9 Å². The molecule has 1 atom stereocenters. The van der Waals surface area contributed by atoms with Crippen LogP contribution < -0.4 is 5.73 Å². The maximum absolute atomic E-state index is 12.3. The molecule has 0 aromatic carbocycles. The molecule has 4 nitrogen and oxygen atoms in total. The van der Waals surface area contributed by atoms with Crippen molar-refractivity contribution in [3.63, 3.8) is 0 Å². The second-order valence-electron chi connectivity index (χ2n) is 5.93. The third kappa shape index (κ3) is 5.70. The second-order valence-corrected chi connectivity index (χ2v) is 7.73. The molecule has 1 aliphatic rings. The van der Waals surface area contributed by atoms with Gasteiger partial charge in [0.2, 0.25) is 5.91 Å². The summed E-state index contributed by atoms with van der Waals surface area (Å²) in [6.07, 6.45) is 2.18. The monoisotopic (exact) mass is 365 g/mol. The number of hydrogen-bond acceptors (Lipinski definition) is 4. The smallest absolute Gasteiger partial charge is 0.236 e. The molecule has 2 heterocycles. The Bertz CT molecular complexity index is 473. The van der Waals surface area contributed by atoms with Gasteiger partial charge in [0.15, 0.2) is 0 Å². The zero-order chi connectivity index (χ0) is 15.4. The van der Waals surface area contributed by atoms with Gasteiger partial charge in [-0.2, -0.15) is 0 Å². The van der Waals surface area contributed by atoms with E-state index < -0.39 is 0 Å². The van der Waals surface area contributed by atoms with Crippen LogP contribution in [0.1, 0.15) is 24.6 Å². The van der Waals surface area contributed by atoms with E-state index in [0.717, 1.165) is 35.1 Å². The molecule has 0 spiro atoms. The number of nitrogens with two attached hydrogens (primary N) is 1. The van der Waals surface area contributed by atoms with E-state index in [0.29, 0.717) is 19.0 Å². The summed E-state index contributed by atoms with van der Waals surface area (Å²) in [5.41, 5.74) is 5.95. The topological polar surface area (TPSA) is 49.6 Å². The van der Waals surface area contributed by atoms with E-state index in [1.165, 1.54) is 11.3 Å². The summed E-state index contributed by atoms with van der Waals surface area (Å²) >= 11 is 7.44. The average Bonchev–Trinajstić information content (AvgIpc) is 2.84. The molecule has 2 rings (SSSR count). The average molecular weight is 366 g/mol. The molecule has 0 aliphatic carbocycles. The predicted octanol–water partition coefficient (Wildman–Crippen LogP) is 2.84. The van der Waals surface area contributed by atoms with Crippen molar-refractivity contribution in [1.82, 2.24) is 9.80 Å². The molecule has 126 valence electrons. The maximum atomic E-state index is 12.3. The number of carbonyl (C=O) groups is 1. The first-order chi connectivity index (χ1) is 9.95. The van der Waals surface area contributed by atoms with Crippen LogP contribution in [0.3, 0.4) is 0 Å². The van der Waals surface area contributed by atoms with E-state index in [-0.39, 0.29) is 24.4 Å². The molecule has 1 saturated heterocycles. The van der Waals surface area contributed by atoms with Crippen molar-refractivity contribution < 1.29 is 4.79 Å². The highest BCUT2D eigenvalue weighted by atomic mass is 35.5. The standard InChI is InChI=1S/C15H24ClN3OS.ClH/c1-11(17)12-5-7-19(8-6-12)10-15(20)18(2)9-13-3-4-14(16)21-13;/h3-4,11-12H,5-10,17H2,1-2H3;1H. The van der Waals surface area contributed by atoms with Gasteiger partial charge in [0, 0.05) is 18.0 Å². The van der Waals surface area contributed by atoms with Gasteiger partial charge < -0.3 is 10.6 Å². The summed E-state index contributed by atoms with van der Waals surface area (Å²) in [7, 11) is 1.85. The van der Waals surface area contributed by atoms with Gasteiger partial charge in [0.1, 0.15) is 0 Å². The first-order valence-electron chi connectivity index (χ1n) is 7.42. The summed E-state index contributed by atoms with van der Waals surface area (Å²) in [5, 5.41) is 0. The Labute approximate surface area is 148 Å². The first kappa shape index (κ1) is 19.7. The molecule has 1 aromatic rings. The first-order valence-corrected chi connectivity index (χ1v) is 8.61. The molecular formula is C15H25Cl2N3OS. The van der Waals surface area contributed by atoms with Gasteiger partial charge >= 0.3 is 0 Å². The lowest BCUT2D eigenvalue weighted by molar-refractivity contribution is -0.132. The van der Waals surface area contributed by atoms with Crippen molar-refractivity contribution >= 4 is 41.3 Å². The number of thiophene rings is 1. The van der Waals surface area contributed by atoms with Crippen molar-refractivity contribution in [3.05, 3.63) is 21.3 Å². The lowest BCUT2D eigenvalue weighted by atomic mass is 9.91. The lowest BCUT2D eigenvalue weighted by Gasteiger charge is -2.34. The second kappa shape index (κ2) is 9.08. The zero-order valence-electron chi connectivity index (χ0n) is 13.1. The highest BCUT2D eigenvalue weighted by Crippen LogP contribution is 2.23. The number of nitrogens with zero attached hydrogens (tertiary/aromatic N) is 2. The quantitative estimate of drug-likeness (QED) is 0.872.